The number of nitrogens with zero attached hydrogens (tertiary/aromatic N) is 1. The van der Waals surface area contributed by atoms with E-state index in [0.717, 1.165) is 5.56 Å². The third kappa shape index (κ3) is 5.88. The Morgan fingerprint density at radius 3 is 2.39 bits per heavy atom. The van der Waals surface area contributed by atoms with Gasteiger partial charge < -0.3 is 14.6 Å². The van der Waals surface area contributed by atoms with Gasteiger partial charge in [0.15, 0.2) is 0 Å². The van der Waals surface area contributed by atoms with Crippen molar-refractivity contribution in [1.29, 1.82) is 0 Å². The molecule has 1 aliphatic rings. The van der Waals surface area contributed by atoms with Gasteiger partial charge in [-0.25, -0.2) is 8.42 Å². The van der Waals surface area contributed by atoms with Gasteiger partial charge in [0.1, 0.15) is 17.6 Å². The molecule has 1 aliphatic heterocycles. The number of anilines is 1. The topological polar surface area (TPSA) is 93.1 Å². The first-order chi connectivity index (χ1) is 17.7. The van der Waals surface area contributed by atoms with Gasteiger partial charge in [0.2, 0.25) is 0 Å². The number of aliphatic carboxylic acids is 1. The lowest BCUT2D eigenvalue weighted by Crippen LogP contribution is -2.46. The monoisotopic (exact) mass is 549 g/mol. The molecule has 0 spiro atoms. The van der Waals surface area contributed by atoms with Crippen LogP contribution in [0.4, 0.5) is 18.9 Å². The van der Waals surface area contributed by atoms with Crippen molar-refractivity contribution in [3.05, 3.63) is 72.3 Å². The fourth-order valence-corrected chi connectivity index (χ4v) is 5.86. The molecule has 4 rings (SSSR count). The van der Waals surface area contributed by atoms with E-state index in [-0.39, 0.29) is 29.3 Å². The van der Waals surface area contributed by atoms with Crippen molar-refractivity contribution in [1.82, 2.24) is 0 Å². The number of halogens is 3. The number of ether oxygens (including phenoxy) is 2. The lowest BCUT2D eigenvalue weighted by molar-refractivity contribution is -0.274. The molecule has 7 nitrogen and oxygen atoms in total. The number of rotatable bonds is 7. The fourth-order valence-electron chi connectivity index (χ4n) is 4.26. The largest absolute Gasteiger partial charge is 0.573 e. The van der Waals surface area contributed by atoms with Gasteiger partial charge in [-0.1, -0.05) is 30.3 Å². The van der Waals surface area contributed by atoms with Gasteiger partial charge in [0, 0.05) is 6.42 Å². The van der Waals surface area contributed by atoms with Crippen molar-refractivity contribution in [3.8, 4) is 22.6 Å². The Balaban J connectivity index is 1.79. The Kier molecular flexibility index (Phi) is 7.09. The molecule has 0 saturated heterocycles. The lowest BCUT2D eigenvalue weighted by Gasteiger charge is -2.38. The quantitative estimate of drug-likeness (QED) is 0.388. The number of benzene rings is 3. The van der Waals surface area contributed by atoms with Crippen LogP contribution in [0.25, 0.3) is 11.1 Å². The smallest absolute Gasteiger partial charge is 0.486 e. The summed E-state index contributed by atoms with van der Waals surface area (Å²) in [6, 6.07) is 16.4. The van der Waals surface area contributed by atoms with Gasteiger partial charge >= 0.3 is 12.3 Å². The molecule has 11 heteroatoms. The predicted molar refractivity (Wildman–Crippen MR) is 135 cm³/mol. The summed E-state index contributed by atoms with van der Waals surface area (Å²) in [5.74, 6) is -1.24. The molecule has 1 heterocycles. The molecule has 38 heavy (non-hydrogen) atoms. The van der Waals surface area contributed by atoms with Crippen molar-refractivity contribution >= 4 is 21.7 Å². The maximum absolute atomic E-state index is 13.8. The van der Waals surface area contributed by atoms with Crippen LogP contribution < -0.4 is 13.8 Å². The van der Waals surface area contributed by atoms with Gasteiger partial charge in [-0.15, -0.1) is 13.2 Å². The average molecular weight is 550 g/mol. The van der Waals surface area contributed by atoms with Gasteiger partial charge in [0.25, 0.3) is 10.0 Å². The van der Waals surface area contributed by atoms with Gasteiger partial charge in [-0.2, -0.15) is 0 Å². The number of sulfonamides is 1. The maximum Gasteiger partial charge on any atom is 0.573 e. The Bertz CT molecular complexity index is 1470. The molecule has 0 amide bonds. The molecule has 0 bridgehead atoms. The standard InChI is InChI=1S/C27H26F3NO6S/c1-17-6-4-9-22(12-17)38(34,35)31-16-21(15-26(2,3)25(32)33)36-24-11-10-19(14-23(24)31)18-7-5-8-20(13-18)37-27(28,29)30/h4-14,21H,15-16H2,1-3H3,(H,32,33)/t21-/m0/s1. The molecule has 0 radical (unpaired) electrons. The summed E-state index contributed by atoms with van der Waals surface area (Å²) in [4.78, 5) is 11.8. The van der Waals surface area contributed by atoms with E-state index < -0.39 is 39.6 Å². The maximum atomic E-state index is 13.8. The molecular weight excluding hydrogens is 523 g/mol. The molecule has 0 unspecified atom stereocenters. The Morgan fingerprint density at radius 1 is 1.05 bits per heavy atom. The van der Waals surface area contributed by atoms with Gasteiger partial charge in [-0.3, -0.25) is 9.10 Å². The first-order valence-corrected chi connectivity index (χ1v) is 13.1. The van der Waals surface area contributed by atoms with E-state index in [1.165, 1.54) is 60.6 Å². The van der Waals surface area contributed by atoms with Crippen LogP contribution in [-0.2, 0) is 14.8 Å². The molecule has 0 saturated carbocycles. The number of alkyl halides is 3. The van der Waals surface area contributed by atoms with E-state index in [1.54, 1.807) is 31.2 Å². The van der Waals surface area contributed by atoms with Crippen LogP contribution in [0.2, 0.25) is 0 Å². The summed E-state index contributed by atoms with van der Waals surface area (Å²) in [6.07, 6.45) is -5.58. The van der Waals surface area contributed by atoms with Crippen molar-refractivity contribution in [2.75, 3.05) is 10.8 Å². The molecule has 3 aromatic rings. The number of carbonyl (C=O) groups is 1. The van der Waals surface area contributed by atoms with E-state index in [9.17, 15) is 31.5 Å². The number of hydrogen-bond acceptors (Lipinski definition) is 5. The van der Waals surface area contributed by atoms with Crippen LogP contribution in [-0.4, -0.2) is 38.5 Å². The highest BCUT2D eigenvalue weighted by Crippen LogP contribution is 2.42. The van der Waals surface area contributed by atoms with Crippen LogP contribution in [0.1, 0.15) is 25.8 Å². The number of carboxylic acids is 1. The molecular formula is C27H26F3NO6S. The molecule has 0 fully saturated rings. The van der Waals surface area contributed by atoms with Crippen molar-refractivity contribution in [2.45, 2.75) is 44.6 Å². The fraction of sp³-hybridized carbons (Fsp3) is 0.296. The number of carboxylic acid groups (broad SMARTS) is 1. The Hall–Kier alpha value is -3.73. The number of fused-ring (bicyclic) bond motifs is 1. The second-order valence-corrected chi connectivity index (χ2v) is 11.6. The molecule has 3 aromatic carbocycles. The first-order valence-electron chi connectivity index (χ1n) is 11.7. The first kappa shape index (κ1) is 27.3. The van der Waals surface area contributed by atoms with E-state index in [2.05, 4.69) is 4.74 Å². The van der Waals surface area contributed by atoms with E-state index in [0.29, 0.717) is 11.1 Å². The highest BCUT2D eigenvalue weighted by atomic mass is 32.2. The van der Waals surface area contributed by atoms with E-state index >= 15 is 0 Å². The number of aryl methyl sites for hydroxylation is 1. The van der Waals surface area contributed by atoms with Crippen LogP contribution in [0.15, 0.2) is 71.6 Å². The highest BCUT2D eigenvalue weighted by molar-refractivity contribution is 7.92. The molecule has 202 valence electrons. The van der Waals surface area contributed by atoms with Gasteiger partial charge in [0.05, 0.1) is 22.5 Å². The minimum atomic E-state index is -4.86. The summed E-state index contributed by atoms with van der Waals surface area (Å²) in [5.41, 5.74) is 0.555. The highest BCUT2D eigenvalue weighted by Gasteiger charge is 2.39. The second-order valence-electron chi connectivity index (χ2n) is 9.74. The van der Waals surface area contributed by atoms with Gasteiger partial charge in [-0.05, 0) is 73.9 Å². The van der Waals surface area contributed by atoms with Crippen LogP contribution in [0.3, 0.4) is 0 Å². The zero-order valence-electron chi connectivity index (χ0n) is 20.8. The molecule has 1 N–H and O–H groups in total. The zero-order chi connectivity index (χ0) is 27.9. The van der Waals surface area contributed by atoms with E-state index in [1.807, 2.05) is 0 Å². The predicted octanol–water partition coefficient (Wildman–Crippen LogP) is 6.02. The number of hydrogen-bond donors (Lipinski definition) is 1. The normalized spacial score (nSPS) is 15.9. The lowest BCUT2D eigenvalue weighted by atomic mass is 9.86. The second kappa shape index (κ2) is 9.86. The Labute approximate surface area is 218 Å². The Morgan fingerprint density at radius 2 is 1.74 bits per heavy atom. The summed E-state index contributed by atoms with van der Waals surface area (Å²) >= 11 is 0. The van der Waals surface area contributed by atoms with Crippen LogP contribution in [0, 0.1) is 12.3 Å². The molecule has 0 aliphatic carbocycles. The summed E-state index contributed by atoms with van der Waals surface area (Å²) in [7, 11) is -4.11. The van der Waals surface area contributed by atoms with Crippen LogP contribution >= 0.6 is 0 Å². The third-order valence-corrected chi connectivity index (χ3v) is 7.96. The minimum absolute atomic E-state index is 0.0419. The molecule has 1 atom stereocenters. The minimum Gasteiger partial charge on any atom is -0.486 e. The van der Waals surface area contributed by atoms with Crippen molar-refractivity contribution < 1.29 is 41.0 Å². The SMILES string of the molecule is Cc1cccc(S(=O)(=O)N2C[C@H](CC(C)(C)C(=O)O)Oc3ccc(-c4cccc(OC(F)(F)F)c4)cc32)c1. The summed E-state index contributed by atoms with van der Waals surface area (Å²) < 4.78 is 77.0. The third-order valence-electron chi connectivity index (χ3n) is 6.19. The van der Waals surface area contributed by atoms with Crippen LogP contribution in [0.5, 0.6) is 11.5 Å². The van der Waals surface area contributed by atoms with E-state index in [4.69, 9.17) is 4.74 Å². The van der Waals surface area contributed by atoms with Crippen molar-refractivity contribution in [2.24, 2.45) is 5.41 Å². The molecule has 0 aromatic heterocycles. The zero-order valence-corrected chi connectivity index (χ0v) is 21.6. The van der Waals surface area contributed by atoms with Crippen molar-refractivity contribution in [3.63, 3.8) is 0 Å². The summed E-state index contributed by atoms with van der Waals surface area (Å²) in [5, 5.41) is 9.59. The summed E-state index contributed by atoms with van der Waals surface area (Å²) in [6.45, 7) is 4.68. The average Bonchev–Trinajstić information content (AvgIpc) is 2.82.